The number of hydrogen-bond acceptors (Lipinski definition) is 7. The second-order valence-electron chi connectivity index (χ2n) is 8.22. The maximum absolute atomic E-state index is 13.4. The lowest BCUT2D eigenvalue weighted by molar-refractivity contribution is -0.763. The first-order chi connectivity index (χ1) is 17.1. The molecule has 0 spiro atoms. The van der Waals surface area contributed by atoms with Crippen molar-refractivity contribution in [3.05, 3.63) is 52.3 Å². The highest BCUT2D eigenvalue weighted by Crippen LogP contribution is 2.45. The van der Waals surface area contributed by atoms with Crippen molar-refractivity contribution in [2.45, 2.75) is 44.4 Å². The highest BCUT2D eigenvalue weighted by atomic mass is 32.2. The van der Waals surface area contributed by atoms with E-state index in [1.807, 2.05) is 43.3 Å². The molecule has 1 atom stereocenters. The Labute approximate surface area is 207 Å². The third-order valence-electron chi connectivity index (χ3n) is 6.04. The van der Waals surface area contributed by atoms with Crippen LogP contribution in [0.5, 0.6) is 17.2 Å². The number of benzene rings is 2. The molecule has 10 heteroatoms. The second kappa shape index (κ2) is 9.61. The molecule has 35 heavy (non-hydrogen) atoms. The number of unbranched alkanes of at least 4 members (excludes halogenated alkanes) is 1. The first-order valence-corrected chi connectivity index (χ1v) is 12.6. The van der Waals surface area contributed by atoms with Crippen LogP contribution in [0.1, 0.15) is 44.8 Å². The average molecular weight is 496 g/mol. The standard InChI is InChI=1S/C25H26N4O5S/c1-4-6-11-35-25-26-23(31)21-16-9-7-8-10-17(16)28(20(30)5-2)24(29(21)27-25)15-12-18(32-3)22-19(13-15)33-14-34-22/h7-10,12-13,24H,4-6,11,14H2,1-3H3/p+1. The van der Waals surface area contributed by atoms with Gasteiger partial charge in [0.1, 0.15) is 0 Å². The minimum absolute atomic E-state index is 0.0834. The molecule has 2 aliphatic heterocycles. The minimum atomic E-state index is -0.719. The van der Waals surface area contributed by atoms with Gasteiger partial charge in [-0.1, -0.05) is 44.2 Å². The van der Waals surface area contributed by atoms with Gasteiger partial charge >= 0.3 is 11.3 Å². The van der Waals surface area contributed by atoms with Gasteiger partial charge in [0.2, 0.25) is 23.6 Å². The van der Waals surface area contributed by atoms with Crippen LogP contribution in [0.15, 0.2) is 46.3 Å². The van der Waals surface area contributed by atoms with Gasteiger partial charge in [0.25, 0.3) is 6.17 Å². The maximum Gasteiger partial charge on any atom is 0.325 e. The predicted molar refractivity (Wildman–Crippen MR) is 131 cm³/mol. The number of rotatable bonds is 7. The number of ether oxygens (including phenoxy) is 3. The van der Waals surface area contributed by atoms with E-state index >= 15 is 0 Å². The Bertz CT molecular complexity index is 1340. The Kier molecular flexibility index (Phi) is 6.38. The molecule has 1 unspecified atom stereocenters. The molecule has 0 bridgehead atoms. The number of nitrogens with one attached hydrogen (secondary N) is 1. The van der Waals surface area contributed by atoms with Crippen LogP contribution < -0.4 is 29.4 Å². The van der Waals surface area contributed by atoms with Gasteiger partial charge in [-0.2, -0.15) is 0 Å². The van der Waals surface area contributed by atoms with E-state index < -0.39 is 6.17 Å². The summed E-state index contributed by atoms with van der Waals surface area (Å²) in [5.41, 5.74) is 2.13. The molecular weight excluding hydrogens is 468 g/mol. The van der Waals surface area contributed by atoms with Crippen LogP contribution in [0, 0.1) is 0 Å². The van der Waals surface area contributed by atoms with E-state index in [0.717, 1.165) is 18.6 Å². The number of anilines is 1. The normalized spacial score (nSPS) is 15.5. The van der Waals surface area contributed by atoms with E-state index in [-0.39, 0.29) is 24.7 Å². The van der Waals surface area contributed by atoms with Crippen LogP contribution >= 0.6 is 11.8 Å². The first-order valence-electron chi connectivity index (χ1n) is 11.6. The second-order valence-corrected chi connectivity index (χ2v) is 9.30. The SMILES string of the molecule is CCCCSc1n[n+]2c(c(=O)[nH]1)-c1ccccc1N(C(=O)CC)C2c1cc(OC)c2c(c1)OCO2. The molecule has 9 nitrogen and oxygen atoms in total. The van der Waals surface area contributed by atoms with Crippen LogP contribution in [0.25, 0.3) is 11.3 Å². The number of para-hydroxylation sites is 1. The number of fused-ring (bicyclic) bond motifs is 4. The van der Waals surface area contributed by atoms with Crippen molar-refractivity contribution in [2.24, 2.45) is 0 Å². The lowest BCUT2D eigenvalue weighted by Gasteiger charge is -2.32. The van der Waals surface area contributed by atoms with Crippen molar-refractivity contribution < 1.29 is 23.7 Å². The molecule has 182 valence electrons. The number of aromatic nitrogens is 3. The van der Waals surface area contributed by atoms with Crippen molar-refractivity contribution in [2.75, 3.05) is 24.6 Å². The van der Waals surface area contributed by atoms with Gasteiger partial charge in [-0.05, 0) is 35.4 Å². The lowest BCUT2D eigenvalue weighted by atomic mass is 10.0. The van der Waals surface area contributed by atoms with E-state index in [9.17, 15) is 9.59 Å². The Morgan fingerprint density at radius 2 is 2.11 bits per heavy atom. The number of carbonyl (C=O) groups excluding carboxylic acids is 1. The number of amides is 1. The summed E-state index contributed by atoms with van der Waals surface area (Å²) in [5, 5.41) is 5.34. The Balaban J connectivity index is 1.77. The number of hydrogen-bond donors (Lipinski definition) is 1. The summed E-state index contributed by atoms with van der Waals surface area (Å²) in [6.45, 7) is 4.02. The van der Waals surface area contributed by atoms with Crippen LogP contribution in [0.2, 0.25) is 0 Å². The summed E-state index contributed by atoms with van der Waals surface area (Å²) in [7, 11) is 1.55. The largest absolute Gasteiger partial charge is 0.493 e. The molecule has 2 aliphatic rings. The molecule has 1 N–H and O–H groups in total. The molecule has 3 heterocycles. The van der Waals surface area contributed by atoms with E-state index in [1.165, 1.54) is 11.8 Å². The zero-order chi connectivity index (χ0) is 24.5. The third kappa shape index (κ3) is 4.01. The van der Waals surface area contributed by atoms with E-state index in [1.54, 1.807) is 16.7 Å². The summed E-state index contributed by atoms with van der Waals surface area (Å²) >= 11 is 1.49. The smallest absolute Gasteiger partial charge is 0.325 e. The number of H-pyrrole nitrogens is 1. The summed E-state index contributed by atoms with van der Waals surface area (Å²) in [6, 6.07) is 11.0. The Hall–Kier alpha value is -3.53. The number of carbonyl (C=O) groups is 1. The van der Waals surface area contributed by atoms with Gasteiger partial charge < -0.3 is 14.2 Å². The number of nitrogens with zero attached hydrogens (tertiary/aromatic N) is 3. The molecule has 0 fully saturated rings. The Morgan fingerprint density at radius 1 is 1.29 bits per heavy atom. The summed E-state index contributed by atoms with van der Waals surface area (Å²) in [6.07, 6.45) is 1.61. The topological polar surface area (TPSA) is 97.6 Å². The molecule has 5 rings (SSSR count). The van der Waals surface area contributed by atoms with E-state index in [4.69, 9.17) is 19.3 Å². The summed E-state index contributed by atoms with van der Waals surface area (Å²) < 4.78 is 18.4. The van der Waals surface area contributed by atoms with Crippen LogP contribution in [-0.2, 0) is 4.79 Å². The average Bonchev–Trinajstić information content (AvgIpc) is 3.35. The number of methoxy groups -OCH3 is 1. The zero-order valence-electron chi connectivity index (χ0n) is 19.9. The maximum atomic E-state index is 13.4. The van der Waals surface area contributed by atoms with Crippen molar-refractivity contribution in [1.29, 1.82) is 0 Å². The highest BCUT2D eigenvalue weighted by Gasteiger charge is 2.46. The van der Waals surface area contributed by atoms with Gasteiger partial charge in [-0.25, -0.2) is 4.90 Å². The van der Waals surface area contributed by atoms with Gasteiger partial charge in [-0.3, -0.25) is 14.6 Å². The quantitative estimate of drug-likeness (QED) is 0.304. The third-order valence-corrected chi connectivity index (χ3v) is 6.99. The fourth-order valence-electron chi connectivity index (χ4n) is 4.39. The predicted octanol–water partition coefficient (Wildman–Crippen LogP) is 3.66. The summed E-state index contributed by atoms with van der Waals surface area (Å²) in [4.78, 5) is 31.4. The van der Waals surface area contributed by atoms with Crippen molar-refractivity contribution in [1.82, 2.24) is 10.1 Å². The van der Waals surface area contributed by atoms with Crippen LogP contribution in [0.3, 0.4) is 0 Å². The molecule has 0 saturated carbocycles. The van der Waals surface area contributed by atoms with E-state index in [0.29, 0.717) is 44.9 Å². The molecular formula is C25H27N4O5S+. The molecule has 0 saturated heterocycles. The van der Waals surface area contributed by atoms with Crippen molar-refractivity contribution in [3.63, 3.8) is 0 Å². The molecule has 3 aromatic rings. The lowest BCUT2D eigenvalue weighted by Crippen LogP contribution is -2.60. The minimum Gasteiger partial charge on any atom is -0.493 e. The molecule has 1 aromatic heterocycles. The monoisotopic (exact) mass is 495 g/mol. The van der Waals surface area contributed by atoms with Crippen molar-refractivity contribution in [3.8, 4) is 28.5 Å². The number of thioether (sulfide) groups is 1. The molecule has 0 radical (unpaired) electrons. The van der Waals surface area contributed by atoms with Crippen molar-refractivity contribution >= 4 is 23.4 Å². The van der Waals surface area contributed by atoms with Gasteiger partial charge in [-0.15, -0.1) is 0 Å². The Morgan fingerprint density at radius 3 is 2.89 bits per heavy atom. The van der Waals surface area contributed by atoms with Gasteiger partial charge in [0.15, 0.2) is 11.5 Å². The molecule has 0 aliphatic carbocycles. The fourth-order valence-corrected chi connectivity index (χ4v) is 5.33. The van der Waals surface area contributed by atoms with Crippen LogP contribution in [-0.4, -0.2) is 35.6 Å². The highest BCUT2D eigenvalue weighted by molar-refractivity contribution is 7.99. The molecule has 2 aromatic carbocycles. The van der Waals surface area contributed by atoms with Gasteiger partial charge in [0.05, 0.1) is 23.9 Å². The fraction of sp³-hybridized carbons (Fsp3) is 0.360. The molecule has 1 amide bonds. The van der Waals surface area contributed by atoms with Crippen LogP contribution in [0.4, 0.5) is 5.69 Å². The van der Waals surface area contributed by atoms with E-state index in [2.05, 4.69) is 11.9 Å². The number of aromatic amines is 1. The zero-order valence-corrected chi connectivity index (χ0v) is 20.7. The first kappa shape index (κ1) is 23.2. The summed E-state index contributed by atoms with van der Waals surface area (Å²) in [5.74, 6) is 2.25. The van der Waals surface area contributed by atoms with Gasteiger partial charge in [0, 0.05) is 17.3 Å².